The van der Waals surface area contributed by atoms with E-state index in [9.17, 15) is 15.2 Å². The Labute approximate surface area is 161 Å². The fourth-order valence-corrected chi connectivity index (χ4v) is 3.51. The molecule has 0 aliphatic carbocycles. The van der Waals surface area contributed by atoms with Crippen molar-refractivity contribution >= 4 is 34.1 Å². The van der Waals surface area contributed by atoms with Gasteiger partial charge < -0.3 is 14.6 Å². The predicted octanol–water partition coefficient (Wildman–Crippen LogP) is 3.25. The molecule has 0 amide bonds. The predicted molar refractivity (Wildman–Crippen MR) is 107 cm³/mol. The topological polar surface area (TPSA) is 94.5 Å². The number of carboxylic acid groups (broad SMARTS) is 1. The lowest BCUT2D eigenvalue weighted by atomic mass is 10.0. The number of aryl methyl sites for hydroxylation is 1. The summed E-state index contributed by atoms with van der Waals surface area (Å²) >= 11 is 0. The van der Waals surface area contributed by atoms with Crippen molar-refractivity contribution in [1.82, 2.24) is 9.55 Å². The van der Waals surface area contributed by atoms with Crippen LogP contribution in [-0.2, 0) is 11.3 Å². The van der Waals surface area contributed by atoms with Crippen LogP contribution in [0.3, 0.4) is 0 Å². The molecule has 7 nitrogen and oxygen atoms in total. The van der Waals surface area contributed by atoms with E-state index in [-0.39, 0.29) is 5.57 Å². The zero-order chi connectivity index (χ0) is 19.8. The Bertz CT molecular complexity index is 1210. The molecule has 0 saturated heterocycles. The number of hydrogen-bond acceptors (Lipinski definition) is 5. The maximum Gasteiger partial charge on any atom is 0.337 e. The van der Waals surface area contributed by atoms with Crippen LogP contribution < -0.4 is 4.90 Å². The van der Waals surface area contributed by atoms with Gasteiger partial charge in [0, 0.05) is 36.9 Å². The number of fused-ring (bicyclic) bond motifs is 2. The van der Waals surface area contributed by atoms with Crippen LogP contribution in [0.2, 0.25) is 0 Å². The Morgan fingerprint density at radius 2 is 2.11 bits per heavy atom. The highest BCUT2D eigenvalue weighted by Crippen LogP contribution is 2.32. The van der Waals surface area contributed by atoms with Crippen LogP contribution in [0.5, 0.6) is 0 Å². The Morgan fingerprint density at radius 1 is 1.29 bits per heavy atom. The number of aliphatic carboxylic acids is 1. The van der Waals surface area contributed by atoms with E-state index in [4.69, 9.17) is 0 Å². The molecular weight excluding hydrogens is 354 g/mol. The van der Waals surface area contributed by atoms with Crippen molar-refractivity contribution in [2.75, 3.05) is 11.9 Å². The number of rotatable bonds is 3. The minimum atomic E-state index is -1.09. The van der Waals surface area contributed by atoms with Crippen molar-refractivity contribution in [2.24, 2.45) is 4.99 Å². The number of pyridine rings is 1. The summed E-state index contributed by atoms with van der Waals surface area (Å²) < 4.78 is 2.05. The third-order valence-corrected chi connectivity index (χ3v) is 4.84. The fourth-order valence-electron chi connectivity index (χ4n) is 3.51. The second-order valence-electron chi connectivity index (χ2n) is 6.39. The van der Waals surface area contributed by atoms with Gasteiger partial charge in [-0.1, -0.05) is 0 Å². The van der Waals surface area contributed by atoms with Gasteiger partial charge >= 0.3 is 5.97 Å². The van der Waals surface area contributed by atoms with E-state index < -0.39 is 5.97 Å². The first kappa shape index (κ1) is 17.5. The number of benzene rings is 1. The number of nitriles is 1. The monoisotopic (exact) mass is 371 g/mol. The summed E-state index contributed by atoms with van der Waals surface area (Å²) in [6.07, 6.45) is 3.10. The normalized spacial score (nSPS) is 13.4. The van der Waals surface area contributed by atoms with Gasteiger partial charge in [-0.2, -0.15) is 5.26 Å². The Morgan fingerprint density at radius 3 is 2.82 bits per heavy atom. The molecule has 7 heteroatoms. The maximum atomic E-state index is 11.8. The molecule has 3 aromatic rings. The number of amidine groups is 1. The first-order chi connectivity index (χ1) is 13.5. The second-order valence-corrected chi connectivity index (χ2v) is 6.39. The molecule has 1 aromatic carbocycles. The first-order valence-corrected chi connectivity index (χ1v) is 8.79. The molecule has 1 N–H and O–H groups in total. The largest absolute Gasteiger partial charge is 0.478 e. The molecule has 3 heterocycles. The molecule has 0 radical (unpaired) electrons. The zero-order valence-electron chi connectivity index (χ0n) is 15.4. The molecule has 0 bridgehead atoms. The minimum Gasteiger partial charge on any atom is -0.478 e. The van der Waals surface area contributed by atoms with E-state index >= 15 is 0 Å². The van der Waals surface area contributed by atoms with Gasteiger partial charge in [0.25, 0.3) is 0 Å². The quantitative estimate of drug-likeness (QED) is 0.763. The Kier molecular flexibility index (Phi) is 4.17. The van der Waals surface area contributed by atoms with Crippen molar-refractivity contribution < 1.29 is 9.90 Å². The number of carboxylic acids is 1. The van der Waals surface area contributed by atoms with E-state index in [1.54, 1.807) is 24.4 Å². The zero-order valence-corrected chi connectivity index (χ0v) is 15.4. The van der Waals surface area contributed by atoms with Crippen molar-refractivity contribution in [2.45, 2.75) is 13.5 Å². The highest BCUT2D eigenvalue weighted by Gasteiger charge is 2.25. The number of carbonyl (C=O) groups is 1. The van der Waals surface area contributed by atoms with Crippen LogP contribution in [0.1, 0.15) is 23.7 Å². The van der Waals surface area contributed by atoms with Crippen LogP contribution in [-0.4, -0.2) is 33.5 Å². The maximum absolute atomic E-state index is 11.8. The van der Waals surface area contributed by atoms with Crippen LogP contribution in [0.4, 0.5) is 5.69 Å². The van der Waals surface area contributed by atoms with Crippen LogP contribution in [0.15, 0.2) is 53.8 Å². The number of anilines is 1. The van der Waals surface area contributed by atoms with E-state index in [1.807, 2.05) is 41.6 Å². The summed E-state index contributed by atoms with van der Waals surface area (Å²) in [5.41, 5.74) is 3.27. The summed E-state index contributed by atoms with van der Waals surface area (Å²) in [7, 11) is 1.84. The average molecular weight is 371 g/mol. The lowest BCUT2D eigenvalue weighted by molar-refractivity contribution is -0.130. The second kappa shape index (κ2) is 6.67. The molecule has 1 aliphatic rings. The van der Waals surface area contributed by atoms with E-state index in [0.29, 0.717) is 29.2 Å². The van der Waals surface area contributed by atoms with Crippen LogP contribution in [0, 0.1) is 11.3 Å². The summed E-state index contributed by atoms with van der Waals surface area (Å²) in [6, 6.07) is 12.9. The molecule has 138 valence electrons. The Balaban J connectivity index is 1.97. The highest BCUT2D eigenvalue weighted by atomic mass is 16.4. The van der Waals surface area contributed by atoms with Crippen molar-refractivity contribution in [3.05, 3.63) is 65.6 Å². The fraction of sp³-hybridized carbons (Fsp3) is 0.143. The Hall–Kier alpha value is -3.92. The summed E-state index contributed by atoms with van der Waals surface area (Å²) in [6.45, 7) is 2.72. The molecule has 28 heavy (non-hydrogen) atoms. The van der Waals surface area contributed by atoms with Gasteiger partial charge in [-0.05, 0) is 43.3 Å². The summed E-state index contributed by atoms with van der Waals surface area (Å²) in [5.74, 6) is -0.477. The number of aliphatic imine (C=N–C) groups is 1. The molecule has 0 unspecified atom stereocenters. The number of hydrogen-bond donors (Lipinski definition) is 1. The highest BCUT2D eigenvalue weighted by molar-refractivity contribution is 6.21. The first-order valence-electron chi connectivity index (χ1n) is 8.79. The molecular formula is C21H17N5O2. The van der Waals surface area contributed by atoms with Crippen molar-refractivity contribution in [1.29, 1.82) is 5.26 Å². The van der Waals surface area contributed by atoms with Gasteiger partial charge in [0.2, 0.25) is 0 Å². The minimum absolute atomic E-state index is 0.0474. The van der Waals surface area contributed by atoms with E-state index in [1.165, 1.54) is 6.20 Å². The molecule has 0 spiro atoms. The van der Waals surface area contributed by atoms with Gasteiger partial charge in [0.15, 0.2) is 5.84 Å². The smallest absolute Gasteiger partial charge is 0.337 e. The van der Waals surface area contributed by atoms with Gasteiger partial charge in [0.1, 0.15) is 5.65 Å². The van der Waals surface area contributed by atoms with Crippen molar-refractivity contribution in [3.8, 4) is 6.07 Å². The van der Waals surface area contributed by atoms with E-state index in [0.717, 1.165) is 16.7 Å². The number of nitrogens with zero attached hydrogens (tertiary/aromatic N) is 5. The molecule has 0 fully saturated rings. The lowest BCUT2D eigenvalue weighted by Crippen LogP contribution is -2.29. The van der Waals surface area contributed by atoms with E-state index in [2.05, 4.69) is 16.0 Å². The lowest BCUT2D eigenvalue weighted by Gasteiger charge is -2.23. The van der Waals surface area contributed by atoms with Crippen molar-refractivity contribution in [3.63, 3.8) is 0 Å². The van der Waals surface area contributed by atoms with Crippen LogP contribution in [0.25, 0.3) is 16.6 Å². The molecule has 4 rings (SSSR count). The molecule has 0 saturated carbocycles. The molecule has 0 atom stereocenters. The number of aromatic nitrogens is 2. The molecule has 1 aliphatic heterocycles. The van der Waals surface area contributed by atoms with Gasteiger partial charge in [-0.3, -0.25) is 0 Å². The van der Waals surface area contributed by atoms with Gasteiger partial charge in [-0.15, -0.1) is 0 Å². The third kappa shape index (κ3) is 2.63. The SMILES string of the molecule is CCn1c(C2=NC=C(C(=O)O)c3cc(C#N)ccc3N2C)cc2cccnc21. The molecule has 2 aromatic heterocycles. The third-order valence-electron chi connectivity index (χ3n) is 4.84. The summed E-state index contributed by atoms with van der Waals surface area (Å²) in [4.78, 5) is 22.7. The average Bonchev–Trinajstić information content (AvgIpc) is 3.01. The standard InChI is InChI=1S/C21H17N5O2/c1-3-26-18(10-14-5-4-8-23-19(14)26)20-24-12-16(21(27)28)15-9-13(11-22)6-7-17(15)25(20)2/h4-10,12H,3H2,1-2H3,(H,27,28). The van der Waals surface area contributed by atoms with Gasteiger partial charge in [0.05, 0.1) is 28.6 Å². The van der Waals surface area contributed by atoms with Gasteiger partial charge in [-0.25, -0.2) is 14.8 Å². The summed E-state index contributed by atoms with van der Waals surface area (Å²) in [5, 5.41) is 19.9. The van der Waals surface area contributed by atoms with Crippen LogP contribution >= 0.6 is 0 Å².